The van der Waals surface area contributed by atoms with Crippen LogP contribution >= 0.6 is 0 Å². The molecule has 0 unspecified atom stereocenters. The second kappa shape index (κ2) is 6.21. The van der Waals surface area contributed by atoms with Gasteiger partial charge in [0.25, 0.3) is 5.89 Å². The van der Waals surface area contributed by atoms with E-state index in [-0.39, 0.29) is 23.9 Å². The van der Waals surface area contributed by atoms with Crippen LogP contribution in [0.5, 0.6) is 0 Å². The van der Waals surface area contributed by atoms with E-state index in [4.69, 9.17) is 4.42 Å². The van der Waals surface area contributed by atoms with Crippen LogP contribution in [0, 0.1) is 5.82 Å². The quantitative estimate of drug-likeness (QED) is 0.679. The predicted molar refractivity (Wildman–Crippen MR) is 66.7 cm³/mol. The van der Waals surface area contributed by atoms with Crippen LogP contribution in [-0.2, 0) is 12.7 Å². The highest BCUT2D eigenvalue weighted by molar-refractivity contribution is 5.55. The molecule has 2 aromatic rings. The number of benzene rings is 1. The van der Waals surface area contributed by atoms with Gasteiger partial charge < -0.3 is 9.73 Å². The van der Waals surface area contributed by atoms with Crippen LogP contribution in [0.25, 0.3) is 11.5 Å². The summed E-state index contributed by atoms with van der Waals surface area (Å²) in [4.78, 5) is 0. The van der Waals surface area contributed by atoms with Gasteiger partial charge in [-0.1, -0.05) is 6.92 Å². The fourth-order valence-electron chi connectivity index (χ4n) is 1.67. The molecule has 2 rings (SSSR count). The summed E-state index contributed by atoms with van der Waals surface area (Å²) in [5.74, 6) is -0.929. The maximum atomic E-state index is 13.6. The van der Waals surface area contributed by atoms with E-state index in [9.17, 15) is 17.6 Å². The van der Waals surface area contributed by atoms with E-state index in [1.807, 2.05) is 6.92 Å². The molecule has 4 nitrogen and oxygen atoms in total. The first-order valence-corrected chi connectivity index (χ1v) is 6.32. The van der Waals surface area contributed by atoms with Crippen LogP contribution in [-0.4, -0.2) is 16.7 Å². The topological polar surface area (TPSA) is 51.0 Å². The fourth-order valence-corrected chi connectivity index (χ4v) is 1.67. The lowest BCUT2D eigenvalue weighted by molar-refractivity contribution is -0.137. The van der Waals surface area contributed by atoms with E-state index in [0.717, 1.165) is 19.0 Å². The van der Waals surface area contributed by atoms with Gasteiger partial charge in [-0.25, -0.2) is 4.39 Å². The molecule has 21 heavy (non-hydrogen) atoms. The molecule has 0 fully saturated rings. The van der Waals surface area contributed by atoms with Crippen molar-refractivity contribution >= 4 is 0 Å². The van der Waals surface area contributed by atoms with Crippen molar-refractivity contribution in [3.8, 4) is 11.5 Å². The number of aromatic nitrogens is 2. The Bertz CT molecular complexity index is 610. The second-order valence-electron chi connectivity index (χ2n) is 4.37. The number of alkyl halides is 3. The van der Waals surface area contributed by atoms with Gasteiger partial charge in [0.1, 0.15) is 5.82 Å². The van der Waals surface area contributed by atoms with Crippen LogP contribution in [0.1, 0.15) is 24.8 Å². The molecule has 0 spiro atoms. The lowest BCUT2D eigenvalue weighted by Gasteiger charge is -2.07. The summed E-state index contributed by atoms with van der Waals surface area (Å²) in [6, 6.07) is 2.06. The van der Waals surface area contributed by atoms with Gasteiger partial charge in [0.15, 0.2) is 0 Å². The number of hydrogen-bond acceptors (Lipinski definition) is 4. The molecule has 1 aromatic carbocycles. The van der Waals surface area contributed by atoms with Crippen molar-refractivity contribution in [2.24, 2.45) is 0 Å². The molecule has 0 saturated carbocycles. The maximum Gasteiger partial charge on any atom is 0.416 e. The monoisotopic (exact) mass is 303 g/mol. The summed E-state index contributed by atoms with van der Waals surface area (Å²) < 4.78 is 56.7. The summed E-state index contributed by atoms with van der Waals surface area (Å²) in [5, 5.41) is 10.3. The molecule has 0 radical (unpaired) electrons. The molecule has 1 N–H and O–H groups in total. The lowest BCUT2D eigenvalue weighted by Crippen LogP contribution is -2.13. The molecule has 1 heterocycles. The molecule has 0 bridgehead atoms. The Morgan fingerprint density at radius 1 is 1.24 bits per heavy atom. The summed E-state index contributed by atoms with van der Waals surface area (Å²) in [6.45, 7) is 2.99. The highest BCUT2D eigenvalue weighted by Gasteiger charge is 2.31. The third-order valence-corrected chi connectivity index (χ3v) is 2.69. The number of rotatable bonds is 5. The van der Waals surface area contributed by atoms with Crippen molar-refractivity contribution in [2.75, 3.05) is 6.54 Å². The van der Waals surface area contributed by atoms with Crippen LogP contribution < -0.4 is 5.32 Å². The smallest absolute Gasteiger partial charge is 0.416 e. The first-order valence-electron chi connectivity index (χ1n) is 6.32. The van der Waals surface area contributed by atoms with Gasteiger partial charge in [-0.15, -0.1) is 10.2 Å². The summed E-state index contributed by atoms with van der Waals surface area (Å²) in [6.07, 6.45) is -3.66. The minimum atomic E-state index is -4.56. The number of nitrogens with one attached hydrogen (secondary N) is 1. The van der Waals surface area contributed by atoms with E-state index >= 15 is 0 Å². The van der Waals surface area contributed by atoms with Crippen LogP contribution in [0.4, 0.5) is 17.6 Å². The highest BCUT2D eigenvalue weighted by atomic mass is 19.4. The molecule has 1 aromatic heterocycles. The third-order valence-electron chi connectivity index (χ3n) is 2.69. The van der Waals surface area contributed by atoms with E-state index in [1.165, 1.54) is 0 Å². The summed E-state index contributed by atoms with van der Waals surface area (Å²) in [5.41, 5.74) is -1.33. The molecular formula is C13H13F4N3O. The molecule has 0 aliphatic rings. The minimum Gasteiger partial charge on any atom is -0.419 e. The molecule has 114 valence electrons. The van der Waals surface area contributed by atoms with Gasteiger partial charge >= 0.3 is 6.18 Å². The van der Waals surface area contributed by atoms with E-state index in [2.05, 4.69) is 15.5 Å². The molecule has 0 aliphatic carbocycles. The Hall–Kier alpha value is -1.96. The Morgan fingerprint density at radius 2 is 2.00 bits per heavy atom. The van der Waals surface area contributed by atoms with E-state index in [1.54, 1.807) is 0 Å². The van der Waals surface area contributed by atoms with Gasteiger partial charge in [-0.2, -0.15) is 13.2 Å². The van der Waals surface area contributed by atoms with E-state index < -0.39 is 17.6 Å². The van der Waals surface area contributed by atoms with Gasteiger partial charge in [0.05, 0.1) is 17.7 Å². The van der Waals surface area contributed by atoms with Gasteiger partial charge in [-0.05, 0) is 31.2 Å². The first-order chi connectivity index (χ1) is 9.91. The highest BCUT2D eigenvalue weighted by Crippen LogP contribution is 2.33. The average Bonchev–Trinajstić information content (AvgIpc) is 2.87. The zero-order valence-corrected chi connectivity index (χ0v) is 11.2. The van der Waals surface area contributed by atoms with Crippen molar-refractivity contribution in [3.63, 3.8) is 0 Å². The van der Waals surface area contributed by atoms with Gasteiger partial charge in [0, 0.05) is 0 Å². The zero-order chi connectivity index (χ0) is 15.5. The Morgan fingerprint density at radius 3 is 2.67 bits per heavy atom. The standard InChI is InChI=1S/C13H13F4N3O/c1-2-5-18-7-11-19-20-12(21-11)9-6-8(13(15,16)17)3-4-10(9)14/h3-4,6,18H,2,5,7H2,1H3. The van der Waals surface area contributed by atoms with Gasteiger partial charge in [0.2, 0.25) is 5.89 Å². The van der Waals surface area contributed by atoms with Crippen molar-refractivity contribution in [2.45, 2.75) is 26.1 Å². The third kappa shape index (κ3) is 3.78. The Labute approximate surface area is 118 Å². The normalized spacial score (nSPS) is 11.9. The molecule has 0 saturated heterocycles. The van der Waals surface area contributed by atoms with Gasteiger partial charge in [-0.3, -0.25) is 0 Å². The van der Waals surface area contributed by atoms with Crippen molar-refractivity contribution < 1.29 is 22.0 Å². The van der Waals surface area contributed by atoms with Crippen molar-refractivity contribution in [1.29, 1.82) is 0 Å². The Kier molecular flexibility index (Phi) is 4.56. The molecule has 0 aliphatic heterocycles. The number of halogens is 4. The molecular weight excluding hydrogens is 290 g/mol. The molecule has 0 amide bonds. The number of nitrogens with zero attached hydrogens (tertiary/aromatic N) is 2. The van der Waals surface area contributed by atoms with Crippen molar-refractivity contribution in [1.82, 2.24) is 15.5 Å². The van der Waals surface area contributed by atoms with Crippen molar-refractivity contribution in [3.05, 3.63) is 35.5 Å². The zero-order valence-electron chi connectivity index (χ0n) is 11.2. The first kappa shape index (κ1) is 15.4. The molecule has 0 atom stereocenters. The number of hydrogen-bond donors (Lipinski definition) is 1. The van der Waals surface area contributed by atoms with Crippen LogP contribution in [0.2, 0.25) is 0 Å². The molecule has 8 heteroatoms. The maximum absolute atomic E-state index is 13.6. The lowest BCUT2D eigenvalue weighted by atomic mass is 10.1. The van der Waals surface area contributed by atoms with Crippen LogP contribution in [0.3, 0.4) is 0 Å². The van der Waals surface area contributed by atoms with E-state index in [0.29, 0.717) is 12.1 Å². The minimum absolute atomic E-state index is 0.190. The SMILES string of the molecule is CCCNCc1nnc(-c2cc(C(F)(F)F)ccc2F)o1. The largest absolute Gasteiger partial charge is 0.419 e. The average molecular weight is 303 g/mol. The summed E-state index contributed by atoms with van der Waals surface area (Å²) >= 11 is 0. The Balaban J connectivity index is 2.25. The fraction of sp³-hybridized carbons (Fsp3) is 0.385. The summed E-state index contributed by atoms with van der Waals surface area (Å²) in [7, 11) is 0. The second-order valence-corrected chi connectivity index (χ2v) is 4.37. The predicted octanol–water partition coefficient (Wildman–Crippen LogP) is 3.39. The van der Waals surface area contributed by atoms with Crippen LogP contribution in [0.15, 0.2) is 22.6 Å².